The van der Waals surface area contributed by atoms with Crippen LogP contribution in [0.15, 0.2) is 90.4 Å². The lowest BCUT2D eigenvalue weighted by Crippen LogP contribution is -2.21. The molecular formula is C29H24N8O2. The van der Waals surface area contributed by atoms with Gasteiger partial charge in [0, 0.05) is 36.4 Å². The third kappa shape index (κ3) is 4.84. The Balaban J connectivity index is 0.000000198. The molecule has 2 aromatic carbocycles. The summed E-state index contributed by atoms with van der Waals surface area (Å²) in [7, 11) is 1.89. The summed E-state index contributed by atoms with van der Waals surface area (Å²) in [5.74, 6) is 5.73. The molecule has 0 saturated heterocycles. The smallest absolute Gasteiger partial charge is 0.264 e. The highest BCUT2D eigenvalue weighted by molar-refractivity contribution is 6.03. The fourth-order valence-electron chi connectivity index (χ4n) is 4.24. The number of fused-ring (bicyclic) bond motifs is 2. The molecule has 6 rings (SSSR count). The SMILES string of the molecule is Cc1cc2cccc(C#Cc3cncn3C)c2c(=O)n1-c1ccccc1.NC(=O)c1c(N)nn2cccnc12. The van der Waals surface area contributed by atoms with E-state index in [0.717, 1.165) is 28.0 Å². The normalized spacial score (nSPS) is 10.5. The molecule has 0 aliphatic carbocycles. The molecule has 0 aliphatic heterocycles. The van der Waals surface area contributed by atoms with Crippen LogP contribution in [0.3, 0.4) is 0 Å². The van der Waals surface area contributed by atoms with Crippen molar-refractivity contribution in [1.29, 1.82) is 0 Å². The van der Waals surface area contributed by atoms with Crippen LogP contribution >= 0.6 is 0 Å². The zero-order chi connectivity index (χ0) is 27.5. The van der Waals surface area contributed by atoms with Crippen molar-refractivity contribution < 1.29 is 4.79 Å². The van der Waals surface area contributed by atoms with Crippen LogP contribution in [0.4, 0.5) is 5.82 Å². The van der Waals surface area contributed by atoms with Crippen molar-refractivity contribution in [2.24, 2.45) is 12.8 Å². The molecule has 1 amide bonds. The Morgan fingerprint density at radius 2 is 1.82 bits per heavy atom. The third-order valence-electron chi connectivity index (χ3n) is 6.06. The van der Waals surface area contributed by atoms with Crippen LogP contribution < -0.4 is 17.0 Å². The second-order valence-electron chi connectivity index (χ2n) is 8.68. The van der Waals surface area contributed by atoms with Gasteiger partial charge in [-0.25, -0.2) is 14.5 Å². The Morgan fingerprint density at radius 1 is 1.03 bits per heavy atom. The van der Waals surface area contributed by atoms with E-state index in [-0.39, 0.29) is 16.9 Å². The van der Waals surface area contributed by atoms with Gasteiger partial charge in [0.25, 0.3) is 11.5 Å². The van der Waals surface area contributed by atoms with E-state index in [0.29, 0.717) is 11.0 Å². The molecule has 39 heavy (non-hydrogen) atoms. The monoisotopic (exact) mass is 516 g/mol. The number of imidazole rings is 1. The number of hydrogen-bond donors (Lipinski definition) is 2. The van der Waals surface area contributed by atoms with Crippen LogP contribution in [-0.4, -0.2) is 34.6 Å². The van der Waals surface area contributed by atoms with E-state index in [2.05, 4.69) is 26.9 Å². The molecule has 10 heteroatoms. The molecule has 4 heterocycles. The van der Waals surface area contributed by atoms with Gasteiger partial charge in [-0.05, 0) is 48.6 Å². The predicted molar refractivity (Wildman–Crippen MR) is 149 cm³/mol. The minimum Gasteiger partial charge on any atom is -0.381 e. The summed E-state index contributed by atoms with van der Waals surface area (Å²) < 4.78 is 5.00. The highest BCUT2D eigenvalue weighted by atomic mass is 16.1. The molecule has 6 aromatic rings. The summed E-state index contributed by atoms with van der Waals surface area (Å²) in [6.07, 6.45) is 6.61. The van der Waals surface area contributed by atoms with Gasteiger partial charge in [0.05, 0.1) is 17.9 Å². The van der Waals surface area contributed by atoms with E-state index in [1.807, 2.05) is 73.1 Å². The fourth-order valence-corrected chi connectivity index (χ4v) is 4.24. The number of rotatable bonds is 2. The summed E-state index contributed by atoms with van der Waals surface area (Å²) >= 11 is 0. The summed E-state index contributed by atoms with van der Waals surface area (Å²) in [6, 6.07) is 19.2. The number of nitrogens with two attached hydrogens (primary N) is 2. The standard InChI is InChI=1S/C22H17N3O.C7H7N5O/c1-16-13-18-8-6-7-17(11-12-20-14-23-15-24(20)2)21(18)22(26)25(16)19-9-4-3-5-10-19;8-5-4(6(9)13)7-10-2-1-3-12(7)11-5/h3-10,13-15H,1-2H3;1-3H,(H2,8,11)(H2,9,13). The number of primary amides is 1. The first-order valence-corrected chi connectivity index (χ1v) is 11.9. The molecule has 0 bridgehead atoms. The van der Waals surface area contributed by atoms with E-state index < -0.39 is 5.91 Å². The largest absolute Gasteiger partial charge is 0.381 e. The maximum atomic E-state index is 13.3. The second-order valence-corrected chi connectivity index (χ2v) is 8.68. The van der Waals surface area contributed by atoms with Crippen molar-refractivity contribution in [2.75, 3.05) is 5.73 Å². The molecule has 0 saturated carbocycles. The van der Waals surface area contributed by atoms with Crippen molar-refractivity contribution in [3.63, 3.8) is 0 Å². The first-order chi connectivity index (χ1) is 18.8. The number of nitrogens with zero attached hydrogens (tertiary/aromatic N) is 6. The van der Waals surface area contributed by atoms with Gasteiger partial charge in [-0.1, -0.05) is 36.3 Å². The summed E-state index contributed by atoms with van der Waals surface area (Å²) in [5, 5.41) is 5.40. The van der Waals surface area contributed by atoms with E-state index in [4.69, 9.17) is 11.5 Å². The van der Waals surface area contributed by atoms with E-state index in [1.165, 1.54) is 4.52 Å². The number of nitrogen functional groups attached to an aromatic ring is 1. The minimum absolute atomic E-state index is 0.0545. The van der Waals surface area contributed by atoms with Crippen LogP contribution in [0, 0.1) is 18.8 Å². The molecule has 0 atom stereocenters. The highest BCUT2D eigenvalue weighted by Gasteiger charge is 2.15. The first-order valence-electron chi connectivity index (χ1n) is 11.9. The van der Waals surface area contributed by atoms with Gasteiger partial charge >= 0.3 is 0 Å². The van der Waals surface area contributed by atoms with Crippen LogP contribution in [0.1, 0.15) is 27.3 Å². The molecule has 0 radical (unpaired) electrons. The topological polar surface area (TPSA) is 139 Å². The van der Waals surface area contributed by atoms with Gasteiger partial charge in [-0.3, -0.25) is 14.2 Å². The van der Waals surface area contributed by atoms with Gasteiger partial charge in [0.2, 0.25) is 0 Å². The second kappa shape index (κ2) is 10.4. The Morgan fingerprint density at radius 3 is 2.54 bits per heavy atom. The number of carbonyl (C=O) groups excluding carboxylic acids is 1. The molecule has 192 valence electrons. The van der Waals surface area contributed by atoms with Gasteiger partial charge in [-0.2, -0.15) is 0 Å². The number of para-hydroxylation sites is 1. The number of amides is 1. The predicted octanol–water partition coefficient (Wildman–Crippen LogP) is 2.84. The maximum absolute atomic E-state index is 13.3. The molecule has 0 unspecified atom stereocenters. The number of aromatic nitrogens is 6. The molecule has 0 fully saturated rings. The van der Waals surface area contributed by atoms with E-state index in [9.17, 15) is 9.59 Å². The lowest BCUT2D eigenvalue weighted by Gasteiger charge is -2.12. The average Bonchev–Trinajstić information content (AvgIpc) is 3.49. The number of benzene rings is 2. The zero-order valence-electron chi connectivity index (χ0n) is 21.2. The van der Waals surface area contributed by atoms with Crippen LogP contribution in [-0.2, 0) is 7.05 Å². The number of carbonyl (C=O) groups is 1. The van der Waals surface area contributed by atoms with Crippen molar-refractivity contribution in [1.82, 2.24) is 28.7 Å². The molecular weight excluding hydrogens is 492 g/mol. The summed E-state index contributed by atoms with van der Waals surface area (Å²) in [4.78, 5) is 32.2. The maximum Gasteiger partial charge on any atom is 0.264 e. The quantitative estimate of drug-likeness (QED) is 0.339. The fraction of sp³-hybridized carbons (Fsp3) is 0.0690. The Kier molecular flexibility index (Phi) is 6.63. The van der Waals surface area contributed by atoms with Crippen molar-refractivity contribution >= 4 is 28.1 Å². The average molecular weight is 517 g/mol. The number of anilines is 1. The number of hydrogen-bond acceptors (Lipinski definition) is 6. The van der Waals surface area contributed by atoms with E-state index >= 15 is 0 Å². The molecule has 0 aliphatic rings. The lowest BCUT2D eigenvalue weighted by molar-refractivity contribution is 0.100. The third-order valence-corrected chi connectivity index (χ3v) is 6.06. The Labute approximate surface area is 223 Å². The molecule has 0 spiro atoms. The minimum atomic E-state index is -0.619. The zero-order valence-corrected chi connectivity index (χ0v) is 21.2. The molecule has 4 aromatic heterocycles. The van der Waals surface area contributed by atoms with Gasteiger partial charge < -0.3 is 16.0 Å². The number of aryl methyl sites for hydroxylation is 2. The van der Waals surface area contributed by atoms with Gasteiger partial charge in [0.15, 0.2) is 11.5 Å². The Bertz CT molecular complexity index is 1960. The Hall–Kier alpha value is -5.69. The molecule has 4 N–H and O–H groups in total. The van der Waals surface area contributed by atoms with Crippen LogP contribution in [0.25, 0.3) is 22.1 Å². The van der Waals surface area contributed by atoms with E-state index in [1.54, 1.807) is 35.6 Å². The number of pyridine rings is 1. The summed E-state index contributed by atoms with van der Waals surface area (Å²) in [5.41, 5.74) is 14.4. The van der Waals surface area contributed by atoms with Crippen LogP contribution in [0.5, 0.6) is 0 Å². The first kappa shape index (κ1) is 25.0. The van der Waals surface area contributed by atoms with Crippen molar-refractivity contribution in [3.05, 3.63) is 118 Å². The highest BCUT2D eigenvalue weighted by Crippen LogP contribution is 2.19. The van der Waals surface area contributed by atoms with Gasteiger partial charge in [0.1, 0.15) is 11.3 Å². The summed E-state index contributed by atoms with van der Waals surface area (Å²) in [6.45, 7) is 1.95. The van der Waals surface area contributed by atoms with Crippen molar-refractivity contribution in [2.45, 2.75) is 6.92 Å². The van der Waals surface area contributed by atoms with Crippen molar-refractivity contribution in [3.8, 4) is 17.5 Å². The van der Waals surface area contributed by atoms with Crippen LogP contribution in [0.2, 0.25) is 0 Å². The van der Waals surface area contributed by atoms with Gasteiger partial charge in [-0.15, -0.1) is 5.10 Å². The molecule has 10 nitrogen and oxygen atoms in total. The lowest BCUT2D eigenvalue weighted by atomic mass is 10.1.